The first-order chi connectivity index (χ1) is 6.93. The van der Waals surface area contributed by atoms with Crippen molar-refractivity contribution in [3.05, 3.63) is 0 Å². The van der Waals surface area contributed by atoms with Crippen molar-refractivity contribution in [1.82, 2.24) is 0 Å². The molecule has 0 unspecified atom stereocenters. The maximum atomic E-state index is 8.44. The molecule has 0 saturated carbocycles. The van der Waals surface area contributed by atoms with E-state index < -0.39 is 45.4 Å². The molecular weight excluding hydrogens is 671 g/mol. The number of hydrogen-bond donors (Lipinski definition) is 0. The molecule has 0 N–H and O–H groups in total. The van der Waals surface area contributed by atoms with Gasteiger partial charge in [-0.1, -0.05) is 0 Å². The minimum atomic E-state index is -3.11. The summed E-state index contributed by atoms with van der Waals surface area (Å²) in [6.45, 7) is 0. The van der Waals surface area contributed by atoms with Gasteiger partial charge in [-0.15, -0.1) is 45.4 Å². The minimum absolute atomic E-state index is 0. The first-order valence-corrected chi connectivity index (χ1v) is 6.00. The predicted octanol–water partition coefficient (Wildman–Crippen LogP) is -5.54. The van der Waals surface area contributed by atoms with Crippen LogP contribution >= 0.6 is 0 Å². The van der Waals surface area contributed by atoms with E-state index in [0.29, 0.717) is 0 Å². The molecule has 0 aliphatic carbocycles. The van der Waals surface area contributed by atoms with Crippen molar-refractivity contribution in [2.24, 2.45) is 0 Å². The Morgan fingerprint density at radius 1 is 0.350 bits per heavy atom. The van der Waals surface area contributed by atoms with Gasteiger partial charge in [-0.2, -0.15) is 0 Å². The molecule has 0 saturated heterocycles. The molecular formula is O12S4Sr4. The summed E-state index contributed by atoms with van der Waals surface area (Å²) in [7, 11) is 0. The molecule has 0 radical (unpaired) electrons. The van der Waals surface area contributed by atoms with Crippen LogP contribution in [0.3, 0.4) is 0 Å². The third-order valence-corrected chi connectivity index (χ3v) is 0. The van der Waals surface area contributed by atoms with Crippen LogP contribution < -0.4 is 0 Å². The van der Waals surface area contributed by atoms with E-state index in [1.807, 2.05) is 0 Å². The molecule has 0 aromatic heterocycles. The third-order valence-electron chi connectivity index (χ3n) is 0. The first kappa shape index (κ1) is 50.2. The van der Waals surface area contributed by atoms with E-state index in [0.717, 1.165) is 0 Å². The van der Waals surface area contributed by atoms with Crippen LogP contribution in [0.2, 0.25) is 0 Å². The van der Waals surface area contributed by atoms with Crippen LogP contribution in [0.25, 0.3) is 0 Å². The van der Waals surface area contributed by atoms with Crippen molar-refractivity contribution in [3.63, 3.8) is 0 Å². The maximum absolute atomic E-state index is 8.44. The van der Waals surface area contributed by atoms with Crippen molar-refractivity contribution in [2.45, 2.75) is 0 Å². The Balaban J connectivity index is -0.0000000150. The van der Waals surface area contributed by atoms with Crippen molar-refractivity contribution < 1.29 is 53.3 Å². The van der Waals surface area contributed by atoms with Gasteiger partial charge in [-0.05, 0) is 0 Å². The Hall–Kier alpha value is 6.20. The molecule has 0 aromatic rings. The van der Waals surface area contributed by atoms with Crippen LogP contribution in [-0.2, 0) is 45.4 Å². The summed E-state index contributed by atoms with van der Waals surface area (Å²) in [6.07, 6.45) is 0. The summed E-state index contributed by atoms with van der Waals surface area (Å²) < 4.78 is 101. The molecule has 0 atom stereocenters. The molecule has 0 bridgehead atoms. The van der Waals surface area contributed by atoms with Gasteiger partial charge in [-0.25, -0.2) is 0 Å². The molecule has 0 amide bonds. The van der Waals surface area contributed by atoms with Crippen molar-refractivity contribution in [1.29, 1.82) is 0 Å². The van der Waals surface area contributed by atoms with Crippen LogP contribution in [0, 0.1) is 0 Å². The standard InChI is InChI=1S/4H2O3S.4Sr/c4*1-4(2)3;;;;/h4*(H2,1,2,3);;;;/q;;;;4*+2/p-8. The molecule has 0 aliphatic rings. The fourth-order valence-corrected chi connectivity index (χ4v) is 0. The van der Waals surface area contributed by atoms with Gasteiger partial charge in [0.25, 0.3) is 0 Å². The minimum Gasteiger partial charge on any atom is -0.784 e. The number of rotatable bonds is 0. The Morgan fingerprint density at radius 2 is 0.350 bits per heavy atom. The van der Waals surface area contributed by atoms with E-state index in [4.69, 9.17) is 53.3 Å². The first-order valence-electron chi connectivity index (χ1n) is 2.00. The fourth-order valence-electron chi connectivity index (χ4n) is 0. The molecule has 20 heteroatoms. The van der Waals surface area contributed by atoms with Crippen LogP contribution in [0.15, 0.2) is 0 Å². The monoisotopic (exact) mass is 671 g/mol. The average Bonchev–Trinajstić information content (AvgIpc) is 1.76. The zero-order valence-corrected chi connectivity index (χ0v) is 26.5. The second kappa shape index (κ2) is 44.6. The molecule has 104 valence electrons. The largest absolute Gasteiger partial charge is 2.00 e. The van der Waals surface area contributed by atoms with Gasteiger partial charge in [-0.3, -0.25) is 16.8 Å². The van der Waals surface area contributed by atoms with Gasteiger partial charge in [0.05, 0.1) is 0 Å². The van der Waals surface area contributed by atoms with Gasteiger partial charge in [0.2, 0.25) is 0 Å². The van der Waals surface area contributed by atoms with Crippen LogP contribution in [-0.4, -0.2) is 235 Å². The smallest absolute Gasteiger partial charge is 0.784 e. The second-order valence-electron chi connectivity index (χ2n) is 0.816. The van der Waals surface area contributed by atoms with Gasteiger partial charge >= 0.3 is 182 Å². The van der Waals surface area contributed by atoms with E-state index in [2.05, 4.69) is 0 Å². The normalized spacial score (nSPS) is 7.00. The van der Waals surface area contributed by atoms with Crippen molar-refractivity contribution >= 4 is 227 Å². The summed E-state index contributed by atoms with van der Waals surface area (Å²) in [6, 6.07) is 0. The molecule has 0 rings (SSSR count). The van der Waals surface area contributed by atoms with Crippen molar-refractivity contribution in [3.8, 4) is 0 Å². The molecule has 0 heterocycles. The van der Waals surface area contributed by atoms with Gasteiger partial charge in [0.1, 0.15) is 0 Å². The van der Waals surface area contributed by atoms with Crippen LogP contribution in [0.5, 0.6) is 0 Å². The summed E-state index contributed by atoms with van der Waals surface area (Å²) in [5, 5.41) is 0. The zero-order chi connectivity index (χ0) is 14.3. The van der Waals surface area contributed by atoms with Crippen LogP contribution in [0.4, 0.5) is 0 Å². The number of hydrogen-bond acceptors (Lipinski definition) is 12. The Kier molecular flexibility index (Phi) is 112. The summed E-state index contributed by atoms with van der Waals surface area (Å²) >= 11 is -12.4. The van der Waals surface area contributed by atoms with E-state index in [-0.39, 0.29) is 182 Å². The van der Waals surface area contributed by atoms with E-state index in [1.54, 1.807) is 0 Å². The van der Waals surface area contributed by atoms with Crippen molar-refractivity contribution in [2.75, 3.05) is 0 Å². The Labute approximate surface area is 272 Å². The summed E-state index contributed by atoms with van der Waals surface area (Å²) in [4.78, 5) is 0. The molecule has 0 aromatic carbocycles. The average molecular weight is 671 g/mol. The van der Waals surface area contributed by atoms with E-state index in [9.17, 15) is 0 Å². The molecule has 20 heavy (non-hydrogen) atoms. The van der Waals surface area contributed by atoms with E-state index >= 15 is 0 Å². The Bertz CT molecular complexity index is 167. The molecule has 12 nitrogen and oxygen atoms in total. The third kappa shape index (κ3) is 339. The van der Waals surface area contributed by atoms with Gasteiger partial charge < -0.3 is 36.4 Å². The fraction of sp³-hybridized carbons (Fsp3) is 0. The second-order valence-corrected chi connectivity index (χ2v) is 2.45. The summed E-state index contributed by atoms with van der Waals surface area (Å²) in [5.41, 5.74) is 0. The topological polar surface area (TPSA) is 253 Å². The molecule has 0 spiro atoms. The summed E-state index contributed by atoms with van der Waals surface area (Å²) in [5.74, 6) is 0. The van der Waals surface area contributed by atoms with Gasteiger partial charge in [0, 0.05) is 0 Å². The quantitative estimate of drug-likeness (QED) is 0.173. The predicted molar refractivity (Wildman–Crippen MR) is 61.8 cm³/mol. The SMILES string of the molecule is O=S([O-])[O-].O=S([O-])[O-].O=S([O-])[O-].O=S([O-])[O-].[Sr+2].[Sr+2].[Sr+2].[Sr+2]. The van der Waals surface area contributed by atoms with Crippen LogP contribution in [0.1, 0.15) is 0 Å². The van der Waals surface area contributed by atoms with Gasteiger partial charge in [0.15, 0.2) is 0 Å². The van der Waals surface area contributed by atoms with E-state index in [1.165, 1.54) is 0 Å². The zero-order valence-electron chi connectivity index (χ0n) is 9.36. The maximum Gasteiger partial charge on any atom is 2.00 e. The Morgan fingerprint density at radius 3 is 0.350 bits per heavy atom. The molecule has 0 aliphatic heterocycles. The molecule has 0 fully saturated rings.